The monoisotopic (exact) mass is 495 g/mol. The molecule has 2 heterocycles. The highest BCUT2D eigenvalue weighted by Crippen LogP contribution is 2.27. The summed E-state index contributed by atoms with van der Waals surface area (Å²) in [5.41, 5.74) is 4.49. The van der Waals surface area contributed by atoms with Crippen LogP contribution in [0.5, 0.6) is 11.5 Å². The molecule has 0 aliphatic carbocycles. The summed E-state index contributed by atoms with van der Waals surface area (Å²) in [6, 6.07) is 13.1. The fourth-order valence-corrected chi connectivity index (χ4v) is 5.04. The summed E-state index contributed by atoms with van der Waals surface area (Å²) >= 11 is 2.61. The van der Waals surface area contributed by atoms with E-state index in [0.29, 0.717) is 39.1 Å². The summed E-state index contributed by atoms with van der Waals surface area (Å²) in [7, 11) is 3.11. The van der Waals surface area contributed by atoms with Gasteiger partial charge in [0.25, 0.3) is 5.56 Å². The molecule has 4 rings (SSSR count). The molecule has 2 aromatic heterocycles. The third kappa shape index (κ3) is 5.26. The Morgan fingerprint density at radius 3 is 2.47 bits per heavy atom. The molecule has 0 atom stereocenters. The van der Waals surface area contributed by atoms with E-state index >= 15 is 0 Å². The molecule has 1 amide bonds. The fraction of sp³-hybridized carbons (Fsp3) is 0.240. The van der Waals surface area contributed by atoms with Gasteiger partial charge in [0.2, 0.25) is 5.91 Å². The van der Waals surface area contributed by atoms with Crippen molar-refractivity contribution in [2.45, 2.75) is 25.5 Å². The van der Waals surface area contributed by atoms with Gasteiger partial charge in [-0.1, -0.05) is 30.0 Å². The van der Waals surface area contributed by atoms with E-state index in [1.54, 1.807) is 37.0 Å². The van der Waals surface area contributed by atoms with Gasteiger partial charge in [-0.25, -0.2) is 4.98 Å². The second-order valence-electron chi connectivity index (χ2n) is 7.78. The molecule has 176 valence electrons. The second kappa shape index (κ2) is 10.3. The zero-order chi connectivity index (χ0) is 24.2. The van der Waals surface area contributed by atoms with Gasteiger partial charge in [-0.2, -0.15) is 0 Å². The first-order chi connectivity index (χ1) is 16.4. The molecule has 0 aliphatic heterocycles. The molecule has 1 N–H and O–H groups in total. The number of amides is 1. The van der Waals surface area contributed by atoms with Crippen molar-refractivity contribution in [3.8, 4) is 11.5 Å². The maximum absolute atomic E-state index is 13.2. The number of hydrogen-bond acceptors (Lipinski definition) is 7. The number of methoxy groups -OCH3 is 2. The van der Waals surface area contributed by atoms with Gasteiger partial charge in [0.1, 0.15) is 16.2 Å². The molecule has 0 radical (unpaired) electrons. The number of thiophene rings is 1. The van der Waals surface area contributed by atoms with Crippen LogP contribution >= 0.6 is 23.1 Å². The van der Waals surface area contributed by atoms with Crippen LogP contribution in [-0.2, 0) is 11.3 Å². The highest BCUT2D eigenvalue weighted by Gasteiger charge is 2.15. The van der Waals surface area contributed by atoms with Gasteiger partial charge in [-0.05, 0) is 42.0 Å². The predicted octanol–water partition coefficient (Wildman–Crippen LogP) is 4.87. The molecule has 0 saturated carbocycles. The number of carbonyl (C=O) groups excluding carboxylic acids is 1. The van der Waals surface area contributed by atoms with Crippen molar-refractivity contribution < 1.29 is 14.3 Å². The smallest absolute Gasteiger partial charge is 0.272 e. The van der Waals surface area contributed by atoms with Crippen LogP contribution in [0.1, 0.15) is 16.7 Å². The normalized spacial score (nSPS) is 10.9. The zero-order valence-electron chi connectivity index (χ0n) is 19.4. The average Bonchev–Trinajstić information content (AvgIpc) is 3.30. The Kier molecular flexibility index (Phi) is 7.23. The molecule has 34 heavy (non-hydrogen) atoms. The topological polar surface area (TPSA) is 82.5 Å². The number of nitrogens with one attached hydrogen (secondary N) is 1. The number of rotatable bonds is 8. The van der Waals surface area contributed by atoms with Crippen LogP contribution in [0.2, 0.25) is 0 Å². The lowest BCUT2D eigenvalue weighted by molar-refractivity contribution is -0.113. The first kappa shape index (κ1) is 23.8. The molecule has 0 aliphatic rings. The molecule has 4 aromatic rings. The Bertz CT molecular complexity index is 1390. The van der Waals surface area contributed by atoms with Gasteiger partial charge in [0, 0.05) is 23.9 Å². The number of thioether (sulfide) groups is 1. The lowest BCUT2D eigenvalue weighted by atomic mass is 10.1. The van der Waals surface area contributed by atoms with Gasteiger partial charge in [-0.15, -0.1) is 11.3 Å². The number of aryl methyl sites for hydroxylation is 2. The predicted molar refractivity (Wildman–Crippen MR) is 138 cm³/mol. The Labute approximate surface area is 205 Å². The van der Waals surface area contributed by atoms with Crippen molar-refractivity contribution in [3.63, 3.8) is 0 Å². The summed E-state index contributed by atoms with van der Waals surface area (Å²) in [5, 5.41) is 5.22. The highest BCUT2D eigenvalue weighted by molar-refractivity contribution is 7.99. The van der Waals surface area contributed by atoms with E-state index in [1.807, 2.05) is 17.5 Å². The molecule has 0 bridgehead atoms. The van der Waals surface area contributed by atoms with E-state index in [-0.39, 0.29) is 17.2 Å². The van der Waals surface area contributed by atoms with Crippen LogP contribution in [0.4, 0.5) is 5.69 Å². The van der Waals surface area contributed by atoms with Crippen LogP contribution in [0.3, 0.4) is 0 Å². The van der Waals surface area contributed by atoms with Crippen molar-refractivity contribution in [1.29, 1.82) is 0 Å². The van der Waals surface area contributed by atoms with E-state index in [1.165, 1.54) is 28.7 Å². The van der Waals surface area contributed by atoms with Crippen molar-refractivity contribution in [2.24, 2.45) is 0 Å². The van der Waals surface area contributed by atoms with Crippen LogP contribution in [-0.4, -0.2) is 35.4 Å². The second-order valence-corrected chi connectivity index (χ2v) is 9.64. The maximum atomic E-state index is 13.2. The number of carbonyl (C=O) groups is 1. The lowest BCUT2D eigenvalue weighted by Crippen LogP contribution is -2.24. The molecular formula is C25H25N3O4S2. The Morgan fingerprint density at radius 2 is 1.79 bits per heavy atom. The first-order valence-electron chi connectivity index (χ1n) is 10.6. The maximum Gasteiger partial charge on any atom is 0.272 e. The number of ether oxygens (including phenoxy) is 2. The number of aromatic nitrogens is 2. The first-order valence-corrected chi connectivity index (χ1v) is 12.4. The number of hydrogen-bond donors (Lipinski definition) is 1. The lowest BCUT2D eigenvalue weighted by Gasteiger charge is -2.13. The van der Waals surface area contributed by atoms with Crippen LogP contribution in [0.25, 0.3) is 10.2 Å². The third-order valence-electron chi connectivity index (χ3n) is 5.41. The van der Waals surface area contributed by atoms with E-state index in [2.05, 4.69) is 36.3 Å². The van der Waals surface area contributed by atoms with Crippen LogP contribution in [0.15, 0.2) is 57.8 Å². The molecule has 0 saturated heterocycles. The Hall–Kier alpha value is -3.30. The number of fused-ring (bicyclic) bond motifs is 1. The Morgan fingerprint density at radius 1 is 1.06 bits per heavy atom. The third-order valence-corrected chi connectivity index (χ3v) is 7.28. The van der Waals surface area contributed by atoms with Crippen molar-refractivity contribution in [3.05, 3.63) is 74.9 Å². The van der Waals surface area contributed by atoms with E-state index in [4.69, 9.17) is 9.47 Å². The van der Waals surface area contributed by atoms with Crippen molar-refractivity contribution in [1.82, 2.24) is 9.55 Å². The standard InChI is InChI=1S/C25H25N3O4S2/c1-15-5-6-17(9-16(15)2)13-28-24(30)23-21(7-8-33-23)27-25(28)34-14-22(29)26-18-10-19(31-3)12-20(11-18)32-4/h5-12H,13-14H2,1-4H3,(H,26,29). The minimum absolute atomic E-state index is 0.0918. The van der Waals surface area contributed by atoms with E-state index < -0.39 is 0 Å². The molecular weight excluding hydrogens is 470 g/mol. The largest absolute Gasteiger partial charge is 0.497 e. The minimum atomic E-state index is -0.224. The zero-order valence-corrected chi connectivity index (χ0v) is 21.0. The van der Waals surface area contributed by atoms with Crippen molar-refractivity contribution >= 4 is 44.9 Å². The number of anilines is 1. The van der Waals surface area contributed by atoms with Gasteiger partial charge in [-0.3, -0.25) is 14.2 Å². The molecule has 0 unspecified atom stereocenters. The summed E-state index contributed by atoms with van der Waals surface area (Å²) in [6.07, 6.45) is 0. The number of nitrogens with zero attached hydrogens (tertiary/aromatic N) is 2. The molecule has 7 nitrogen and oxygen atoms in total. The molecule has 2 aromatic carbocycles. The quantitative estimate of drug-likeness (QED) is 0.277. The summed E-state index contributed by atoms with van der Waals surface area (Å²) in [4.78, 5) is 30.6. The Balaban J connectivity index is 1.57. The SMILES string of the molecule is COc1cc(NC(=O)CSc2nc3ccsc3c(=O)n2Cc2ccc(C)c(C)c2)cc(OC)c1. The van der Waals surface area contributed by atoms with Crippen molar-refractivity contribution in [2.75, 3.05) is 25.3 Å². The van der Waals surface area contributed by atoms with Crippen LogP contribution in [0, 0.1) is 13.8 Å². The summed E-state index contributed by atoms with van der Waals surface area (Å²) in [5.74, 6) is 1.02. The average molecular weight is 496 g/mol. The summed E-state index contributed by atoms with van der Waals surface area (Å²) in [6.45, 7) is 4.50. The molecule has 9 heteroatoms. The molecule has 0 fully saturated rings. The van der Waals surface area contributed by atoms with Gasteiger partial charge in [0.05, 0.1) is 32.0 Å². The van der Waals surface area contributed by atoms with E-state index in [0.717, 1.165) is 11.1 Å². The molecule has 0 spiro atoms. The van der Waals surface area contributed by atoms with Gasteiger partial charge < -0.3 is 14.8 Å². The highest BCUT2D eigenvalue weighted by atomic mass is 32.2. The van der Waals surface area contributed by atoms with Gasteiger partial charge in [0.15, 0.2) is 5.16 Å². The minimum Gasteiger partial charge on any atom is -0.497 e. The number of benzene rings is 2. The van der Waals surface area contributed by atoms with Crippen LogP contribution < -0.4 is 20.3 Å². The summed E-state index contributed by atoms with van der Waals surface area (Å²) < 4.78 is 12.8. The van der Waals surface area contributed by atoms with Gasteiger partial charge >= 0.3 is 0 Å². The fourth-order valence-electron chi connectivity index (χ4n) is 3.46. The van der Waals surface area contributed by atoms with E-state index in [9.17, 15) is 9.59 Å².